The summed E-state index contributed by atoms with van der Waals surface area (Å²) < 4.78 is 0. The van der Waals surface area contributed by atoms with Crippen LogP contribution in [0.1, 0.15) is 53.9 Å². The number of aromatic nitrogens is 1. The van der Waals surface area contributed by atoms with Crippen LogP contribution in [0.2, 0.25) is 0 Å². The first-order valence-electron chi connectivity index (χ1n) is 10.00. The molecule has 4 heteroatoms. The second-order valence-electron chi connectivity index (χ2n) is 8.06. The molecule has 0 spiro atoms. The lowest BCUT2D eigenvalue weighted by Crippen LogP contribution is -2.50. The molecule has 2 aliphatic rings. The number of hydrogen-bond acceptors (Lipinski definition) is 3. The fourth-order valence-corrected chi connectivity index (χ4v) is 4.38. The molecule has 1 aromatic carbocycles. The van der Waals surface area contributed by atoms with E-state index in [1.54, 1.807) is 0 Å². The predicted molar refractivity (Wildman–Crippen MR) is 106 cm³/mol. The van der Waals surface area contributed by atoms with Crippen LogP contribution < -0.4 is 0 Å². The van der Waals surface area contributed by atoms with Gasteiger partial charge in [-0.2, -0.15) is 0 Å². The Morgan fingerprint density at radius 2 is 1.81 bits per heavy atom. The summed E-state index contributed by atoms with van der Waals surface area (Å²) in [5, 5.41) is 1.04. The maximum absolute atomic E-state index is 13.6. The van der Waals surface area contributed by atoms with Crippen LogP contribution in [0.4, 0.5) is 0 Å². The zero-order chi connectivity index (χ0) is 18.3. The van der Waals surface area contributed by atoms with E-state index in [-0.39, 0.29) is 5.91 Å². The third-order valence-electron chi connectivity index (χ3n) is 5.96. The molecule has 2 aromatic rings. The maximum Gasteiger partial charge on any atom is 0.254 e. The van der Waals surface area contributed by atoms with E-state index in [0.29, 0.717) is 6.04 Å². The van der Waals surface area contributed by atoms with Crippen LogP contribution in [0.15, 0.2) is 18.2 Å². The van der Waals surface area contributed by atoms with Crippen LogP contribution in [0.3, 0.4) is 0 Å². The SMILES string of the molecule is Cc1ccc2nc3c(c(C(=O)N4CCN(C(C)C)CC4)c2c1)CCCC3. The maximum atomic E-state index is 13.6. The molecule has 0 unspecified atom stereocenters. The molecule has 0 radical (unpaired) electrons. The Bertz CT molecular complexity index is 835. The van der Waals surface area contributed by atoms with Gasteiger partial charge in [0.2, 0.25) is 0 Å². The van der Waals surface area contributed by atoms with E-state index in [1.165, 1.54) is 17.5 Å². The molecule has 26 heavy (non-hydrogen) atoms. The Kier molecular flexibility index (Phi) is 4.70. The quantitative estimate of drug-likeness (QED) is 0.830. The number of benzene rings is 1. The average Bonchev–Trinajstić information content (AvgIpc) is 2.66. The zero-order valence-corrected chi connectivity index (χ0v) is 16.2. The van der Waals surface area contributed by atoms with Crippen molar-refractivity contribution in [2.24, 2.45) is 0 Å². The number of rotatable bonds is 2. The number of amides is 1. The molecule has 1 aliphatic carbocycles. The van der Waals surface area contributed by atoms with Gasteiger partial charge in [-0.1, -0.05) is 11.6 Å². The number of carbonyl (C=O) groups is 1. The molecule has 138 valence electrons. The summed E-state index contributed by atoms with van der Waals surface area (Å²) in [6.07, 6.45) is 4.32. The van der Waals surface area contributed by atoms with Crippen molar-refractivity contribution in [2.75, 3.05) is 26.2 Å². The molecule has 0 atom stereocenters. The lowest BCUT2D eigenvalue weighted by molar-refractivity contribution is 0.0596. The third kappa shape index (κ3) is 3.11. The summed E-state index contributed by atoms with van der Waals surface area (Å²) in [6.45, 7) is 10.1. The van der Waals surface area contributed by atoms with Gasteiger partial charge in [0.15, 0.2) is 0 Å². The third-order valence-corrected chi connectivity index (χ3v) is 5.96. The summed E-state index contributed by atoms with van der Waals surface area (Å²) in [4.78, 5) is 23.0. The highest BCUT2D eigenvalue weighted by Crippen LogP contribution is 2.31. The van der Waals surface area contributed by atoms with Gasteiger partial charge in [-0.3, -0.25) is 14.7 Å². The molecule has 1 fully saturated rings. The Hall–Kier alpha value is -1.94. The van der Waals surface area contributed by atoms with E-state index in [4.69, 9.17) is 4.98 Å². The van der Waals surface area contributed by atoms with Crippen molar-refractivity contribution in [2.45, 2.75) is 52.5 Å². The highest BCUT2D eigenvalue weighted by Gasteiger charge is 2.28. The molecule has 0 saturated carbocycles. The Morgan fingerprint density at radius 3 is 2.54 bits per heavy atom. The summed E-state index contributed by atoms with van der Waals surface area (Å²) in [7, 11) is 0. The van der Waals surface area contributed by atoms with Crippen molar-refractivity contribution in [1.82, 2.24) is 14.8 Å². The Morgan fingerprint density at radius 1 is 1.08 bits per heavy atom. The van der Waals surface area contributed by atoms with Gasteiger partial charge in [0, 0.05) is 43.3 Å². The number of pyridine rings is 1. The summed E-state index contributed by atoms with van der Waals surface area (Å²) in [5.41, 5.74) is 5.46. The van der Waals surface area contributed by atoms with Crippen LogP contribution in [0.25, 0.3) is 10.9 Å². The minimum absolute atomic E-state index is 0.213. The summed E-state index contributed by atoms with van der Waals surface area (Å²) in [5.74, 6) is 0.213. The first kappa shape index (κ1) is 17.5. The summed E-state index contributed by atoms with van der Waals surface area (Å²) >= 11 is 0. The highest BCUT2D eigenvalue weighted by molar-refractivity contribution is 6.08. The van der Waals surface area contributed by atoms with Crippen molar-refractivity contribution < 1.29 is 4.79 Å². The number of hydrogen-bond donors (Lipinski definition) is 0. The average molecular weight is 351 g/mol. The van der Waals surface area contributed by atoms with Gasteiger partial charge in [0.25, 0.3) is 5.91 Å². The smallest absolute Gasteiger partial charge is 0.254 e. The molecular weight excluding hydrogens is 322 g/mol. The fourth-order valence-electron chi connectivity index (χ4n) is 4.38. The van der Waals surface area contributed by atoms with E-state index in [9.17, 15) is 4.79 Å². The monoisotopic (exact) mass is 351 g/mol. The molecule has 1 aromatic heterocycles. The van der Waals surface area contributed by atoms with Crippen molar-refractivity contribution in [3.63, 3.8) is 0 Å². The highest BCUT2D eigenvalue weighted by atomic mass is 16.2. The lowest BCUT2D eigenvalue weighted by atomic mass is 9.89. The topological polar surface area (TPSA) is 36.4 Å². The standard InChI is InChI=1S/C22H29N3O/c1-15(2)24-10-12-25(13-11-24)22(26)21-17-6-4-5-7-19(17)23-20-9-8-16(3)14-18(20)21/h8-9,14-15H,4-7,10-13H2,1-3H3. The number of piperazine rings is 1. The normalized spacial score (nSPS) is 18.4. The lowest BCUT2D eigenvalue weighted by Gasteiger charge is -2.37. The van der Waals surface area contributed by atoms with E-state index in [0.717, 1.165) is 67.6 Å². The van der Waals surface area contributed by atoms with Crippen LogP contribution in [-0.2, 0) is 12.8 Å². The number of aryl methyl sites for hydroxylation is 2. The number of fused-ring (bicyclic) bond motifs is 2. The van der Waals surface area contributed by atoms with E-state index in [2.05, 4.69) is 48.8 Å². The van der Waals surface area contributed by atoms with Crippen molar-refractivity contribution in [3.8, 4) is 0 Å². The minimum Gasteiger partial charge on any atom is -0.336 e. The van der Waals surface area contributed by atoms with Crippen molar-refractivity contribution in [3.05, 3.63) is 40.6 Å². The van der Waals surface area contributed by atoms with Crippen molar-refractivity contribution in [1.29, 1.82) is 0 Å². The van der Waals surface area contributed by atoms with Crippen LogP contribution in [0, 0.1) is 6.92 Å². The first-order valence-corrected chi connectivity index (χ1v) is 10.00. The van der Waals surface area contributed by atoms with Crippen LogP contribution in [-0.4, -0.2) is 52.9 Å². The zero-order valence-electron chi connectivity index (χ0n) is 16.2. The molecule has 0 bridgehead atoms. The molecule has 1 aliphatic heterocycles. The predicted octanol–water partition coefficient (Wildman–Crippen LogP) is 3.59. The van der Waals surface area contributed by atoms with Gasteiger partial charge in [-0.25, -0.2) is 0 Å². The molecule has 0 N–H and O–H groups in total. The van der Waals surface area contributed by atoms with Gasteiger partial charge >= 0.3 is 0 Å². The van der Waals surface area contributed by atoms with Gasteiger partial charge < -0.3 is 4.90 Å². The molecule has 2 heterocycles. The van der Waals surface area contributed by atoms with E-state index < -0.39 is 0 Å². The van der Waals surface area contributed by atoms with Crippen LogP contribution in [0.5, 0.6) is 0 Å². The Labute approximate surface area is 156 Å². The van der Waals surface area contributed by atoms with Gasteiger partial charge in [-0.05, 0) is 64.2 Å². The minimum atomic E-state index is 0.213. The Balaban J connectivity index is 1.75. The van der Waals surface area contributed by atoms with Gasteiger partial charge in [0.1, 0.15) is 0 Å². The van der Waals surface area contributed by atoms with E-state index in [1.807, 2.05) is 0 Å². The number of carbonyl (C=O) groups excluding carboxylic acids is 1. The second-order valence-corrected chi connectivity index (χ2v) is 8.06. The second kappa shape index (κ2) is 6.99. The fraction of sp³-hybridized carbons (Fsp3) is 0.545. The van der Waals surface area contributed by atoms with E-state index >= 15 is 0 Å². The molecule has 1 amide bonds. The molecule has 1 saturated heterocycles. The first-order chi connectivity index (χ1) is 12.5. The van der Waals surface area contributed by atoms with Gasteiger partial charge in [0.05, 0.1) is 11.1 Å². The number of nitrogens with zero attached hydrogens (tertiary/aromatic N) is 3. The largest absolute Gasteiger partial charge is 0.336 e. The molecule has 4 nitrogen and oxygen atoms in total. The van der Waals surface area contributed by atoms with Gasteiger partial charge in [-0.15, -0.1) is 0 Å². The molecule has 4 rings (SSSR count). The van der Waals surface area contributed by atoms with Crippen LogP contribution >= 0.6 is 0 Å². The molecular formula is C22H29N3O. The van der Waals surface area contributed by atoms with Crippen molar-refractivity contribution >= 4 is 16.8 Å². The summed E-state index contributed by atoms with van der Waals surface area (Å²) in [6, 6.07) is 6.87.